The van der Waals surface area contributed by atoms with Crippen LogP contribution in [0, 0.1) is 11.3 Å². The molecule has 3 heteroatoms. The molecule has 1 aliphatic heterocycles. The zero-order valence-electron chi connectivity index (χ0n) is 14.1. The summed E-state index contributed by atoms with van der Waals surface area (Å²) >= 11 is 0. The average Bonchev–Trinajstić information content (AvgIpc) is 2.51. The van der Waals surface area contributed by atoms with Crippen LogP contribution in [0.2, 0.25) is 0 Å². The van der Waals surface area contributed by atoms with Gasteiger partial charge in [0, 0.05) is 25.7 Å². The molecule has 1 saturated heterocycles. The number of hydrogen-bond donors (Lipinski definition) is 1. The van der Waals surface area contributed by atoms with Gasteiger partial charge in [-0.3, -0.25) is 4.90 Å². The predicted octanol–water partition coefficient (Wildman–Crippen LogP) is 2.43. The van der Waals surface area contributed by atoms with Crippen molar-refractivity contribution in [1.29, 1.82) is 0 Å². The topological polar surface area (TPSA) is 18.5 Å². The Morgan fingerprint density at radius 3 is 2.70 bits per heavy atom. The number of hydrogen-bond acceptors (Lipinski definition) is 3. The van der Waals surface area contributed by atoms with Gasteiger partial charge in [-0.15, -0.1) is 0 Å². The fraction of sp³-hybridized carbons (Fsp3) is 1.00. The Hall–Kier alpha value is -0.120. The van der Waals surface area contributed by atoms with E-state index in [1.165, 1.54) is 64.8 Å². The van der Waals surface area contributed by atoms with Crippen molar-refractivity contribution in [3.8, 4) is 0 Å². The highest BCUT2D eigenvalue weighted by Crippen LogP contribution is 2.40. The molecule has 3 atom stereocenters. The SMILES string of the molecule is CNCC1(CN2CCCN(C)CC2C)CCCC(C)C1. The third-order valence-corrected chi connectivity index (χ3v) is 5.46. The quantitative estimate of drug-likeness (QED) is 0.854. The first-order valence-electron chi connectivity index (χ1n) is 8.62. The number of nitrogens with one attached hydrogen (secondary N) is 1. The van der Waals surface area contributed by atoms with Crippen LogP contribution in [0.1, 0.15) is 46.0 Å². The lowest BCUT2D eigenvalue weighted by Gasteiger charge is -2.44. The molecule has 3 unspecified atom stereocenters. The summed E-state index contributed by atoms with van der Waals surface area (Å²) in [6.07, 6.45) is 7.00. The van der Waals surface area contributed by atoms with E-state index in [2.05, 4.69) is 43.1 Å². The molecule has 0 bridgehead atoms. The van der Waals surface area contributed by atoms with Crippen LogP contribution in [-0.2, 0) is 0 Å². The summed E-state index contributed by atoms with van der Waals surface area (Å²) in [7, 11) is 4.40. The first-order chi connectivity index (χ1) is 9.54. The molecule has 1 heterocycles. The highest BCUT2D eigenvalue weighted by molar-refractivity contribution is 4.91. The molecule has 0 aromatic rings. The van der Waals surface area contributed by atoms with E-state index in [1.54, 1.807) is 0 Å². The maximum Gasteiger partial charge on any atom is 0.0195 e. The monoisotopic (exact) mass is 281 g/mol. The normalized spacial score (nSPS) is 37.8. The molecular weight excluding hydrogens is 246 g/mol. The van der Waals surface area contributed by atoms with Crippen LogP contribution in [0.5, 0.6) is 0 Å². The van der Waals surface area contributed by atoms with Gasteiger partial charge in [0.2, 0.25) is 0 Å². The number of nitrogens with zero attached hydrogens (tertiary/aromatic N) is 2. The Morgan fingerprint density at radius 1 is 1.20 bits per heavy atom. The van der Waals surface area contributed by atoms with Crippen molar-refractivity contribution in [3.05, 3.63) is 0 Å². The van der Waals surface area contributed by atoms with Gasteiger partial charge in [0.15, 0.2) is 0 Å². The van der Waals surface area contributed by atoms with Gasteiger partial charge < -0.3 is 10.2 Å². The zero-order valence-corrected chi connectivity index (χ0v) is 14.1. The minimum absolute atomic E-state index is 0.517. The Morgan fingerprint density at radius 2 is 2.00 bits per heavy atom. The van der Waals surface area contributed by atoms with Crippen LogP contribution in [0.25, 0.3) is 0 Å². The molecule has 1 N–H and O–H groups in total. The van der Waals surface area contributed by atoms with Gasteiger partial charge in [-0.1, -0.05) is 19.8 Å². The van der Waals surface area contributed by atoms with E-state index in [-0.39, 0.29) is 0 Å². The summed E-state index contributed by atoms with van der Waals surface area (Å²) in [6, 6.07) is 0.702. The van der Waals surface area contributed by atoms with E-state index < -0.39 is 0 Å². The second kappa shape index (κ2) is 7.24. The van der Waals surface area contributed by atoms with Gasteiger partial charge >= 0.3 is 0 Å². The molecule has 20 heavy (non-hydrogen) atoms. The Balaban J connectivity index is 2.02. The minimum atomic E-state index is 0.517. The van der Waals surface area contributed by atoms with Gasteiger partial charge in [0.1, 0.15) is 0 Å². The van der Waals surface area contributed by atoms with Crippen LogP contribution in [0.15, 0.2) is 0 Å². The van der Waals surface area contributed by atoms with Gasteiger partial charge in [-0.05, 0) is 64.7 Å². The van der Waals surface area contributed by atoms with Gasteiger partial charge in [-0.25, -0.2) is 0 Å². The number of rotatable bonds is 4. The largest absolute Gasteiger partial charge is 0.319 e. The van der Waals surface area contributed by atoms with Gasteiger partial charge in [0.05, 0.1) is 0 Å². The summed E-state index contributed by atoms with van der Waals surface area (Å²) in [6.45, 7) is 11.1. The number of likely N-dealkylation sites (N-methyl/N-ethyl adjacent to an activating group) is 1. The lowest BCUT2D eigenvalue weighted by Crippen LogP contribution is -2.49. The molecule has 0 spiro atoms. The van der Waals surface area contributed by atoms with Crippen LogP contribution in [0.3, 0.4) is 0 Å². The first-order valence-corrected chi connectivity index (χ1v) is 8.62. The molecule has 1 saturated carbocycles. The molecular formula is C17H35N3. The van der Waals surface area contributed by atoms with Crippen molar-refractivity contribution in [2.45, 2.75) is 52.0 Å². The second-order valence-corrected chi connectivity index (χ2v) is 7.67. The standard InChI is InChI=1S/C17H35N3/c1-15-7-5-8-17(11-15,13-18-3)14-20-10-6-9-19(4)12-16(20)2/h15-16,18H,5-14H2,1-4H3. The summed E-state index contributed by atoms with van der Waals surface area (Å²) in [4.78, 5) is 5.28. The fourth-order valence-corrected chi connectivity index (χ4v) is 4.59. The molecule has 2 rings (SSSR count). The molecule has 1 aliphatic carbocycles. The van der Waals surface area contributed by atoms with E-state index in [4.69, 9.17) is 0 Å². The van der Waals surface area contributed by atoms with Crippen molar-refractivity contribution in [2.75, 3.05) is 46.8 Å². The molecule has 2 aliphatic rings. The zero-order chi connectivity index (χ0) is 14.6. The molecule has 118 valence electrons. The molecule has 0 radical (unpaired) electrons. The van der Waals surface area contributed by atoms with Crippen molar-refractivity contribution >= 4 is 0 Å². The predicted molar refractivity (Wildman–Crippen MR) is 87.1 cm³/mol. The molecule has 0 aromatic heterocycles. The van der Waals surface area contributed by atoms with E-state index >= 15 is 0 Å². The lowest BCUT2D eigenvalue weighted by atomic mass is 9.69. The smallest absolute Gasteiger partial charge is 0.0195 e. The highest BCUT2D eigenvalue weighted by atomic mass is 15.2. The minimum Gasteiger partial charge on any atom is -0.319 e. The van der Waals surface area contributed by atoms with Crippen molar-refractivity contribution in [1.82, 2.24) is 15.1 Å². The van der Waals surface area contributed by atoms with Gasteiger partial charge in [0.25, 0.3) is 0 Å². The fourth-order valence-electron chi connectivity index (χ4n) is 4.59. The highest BCUT2D eigenvalue weighted by Gasteiger charge is 2.37. The molecule has 2 fully saturated rings. The van der Waals surface area contributed by atoms with Crippen molar-refractivity contribution in [2.24, 2.45) is 11.3 Å². The summed E-state index contributed by atoms with van der Waals surface area (Å²) in [5, 5.41) is 3.49. The molecule has 0 aromatic carbocycles. The van der Waals surface area contributed by atoms with E-state index in [0.717, 1.165) is 5.92 Å². The van der Waals surface area contributed by atoms with Crippen molar-refractivity contribution < 1.29 is 0 Å². The molecule has 3 nitrogen and oxygen atoms in total. The van der Waals surface area contributed by atoms with Crippen LogP contribution < -0.4 is 5.32 Å². The van der Waals surface area contributed by atoms with E-state index in [9.17, 15) is 0 Å². The maximum absolute atomic E-state index is 3.49. The maximum atomic E-state index is 3.49. The van der Waals surface area contributed by atoms with E-state index in [0.29, 0.717) is 11.5 Å². The average molecular weight is 281 g/mol. The Bertz CT molecular complexity index is 290. The van der Waals surface area contributed by atoms with E-state index in [1.807, 2.05) is 0 Å². The summed E-state index contributed by atoms with van der Waals surface area (Å²) in [5.41, 5.74) is 0.517. The first kappa shape index (κ1) is 16.3. The van der Waals surface area contributed by atoms with Crippen LogP contribution >= 0.6 is 0 Å². The van der Waals surface area contributed by atoms with Crippen LogP contribution in [-0.4, -0.2) is 62.7 Å². The Kier molecular flexibility index (Phi) is 5.88. The van der Waals surface area contributed by atoms with Gasteiger partial charge in [-0.2, -0.15) is 0 Å². The third-order valence-electron chi connectivity index (χ3n) is 5.46. The molecule has 0 amide bonds. The second-order valence-electron chi connectivity index (χ2n) is 7.67. The lowest BCUT2D eigenvalue weighted by molar-refractivity contribution is 0.0638. The summed E-state index contributed by atoms with van der Waals surface area (Å²) < 4.78 is 0. The Labute approximate surface area is 126 Å². The summed E-state index contributed by atoms with van der Waals surface area (Å²) in [5.74, 6) is 0.905. The third kappa shape index (κ3) is 4.19. The van der Waals surface area contributed by atoms with Crippen molar-refractivity contribution in [3.63, 3.8) is 0 Å². The van der Waals surface area contributed by atoms with Crippen LogP contribution in [0.4, 0.5) is 0 Å².